The number of aromatic nitrogens is 2. The Hall–Kier alpha value is -2.74. The van der Waals surface area contributed by atoms with Gasteiger partial charge in [-0.25, -0.2) is 4.98 Å². The smallest absolute Gasteiger partial charge is 0.323 e. The number of ketones is 1. The number of imidazole rings is 1. The fraction of sp³-hybridized carbons (Fsp3) is 0.412. The van der Waals surface area contributed by atoms with E-state index in [9.17, 15) is 14.4 Å². The van der Waals surface area contributed by atoms with Crippen molar-refractivity contribution in [1.82, 2.24) is 14.5 Å². The SMILES string of the molecule is O=C(O)CN1CCC(C(=O)c2nc3ccccc3n2CC(=O)O)CC1. The van der Waals surface area contributed by atoms with E-state index in [1.54, 1.807) is 29.2 Å². The highest BCUT2D eigenvalue weighted by Crippen LogP contribution is 2.24. The van der Waals surface area contributed by atoms with E-state index in [2.05, 4.69) is 4.98 Å². The molecule has 0 saturated carbocycles. The van der Waals surface area contributed by atoms with Crippen molar-refractivity contribution in [2.75, 3.05) is 19.6 Å². The van der Waals surface area contributed by atoms with Crippen molar-refractivity contribution in [1.29, 1.82) is 0 Å². The number of carbonyl (C=O) groups is 3. The molecular weight excluding hydrogens is 326 g/mol. The van der Waals surface area contributed by atoms with Crippen LogP contribution in [0, 0.1) is 5.92 Å². The molecule has 0 aliphatic carbocycles. The van der Waals surface area contributed by atoms with Crippen LogP contribution in [0.5, 0.6) is 0 Å². The van der Waals surface area contributed by atoms with Crippen LogP contribution in [-0.2, 0) is 16.1 Å². The van der Waals surface area contributed by atoms with Crippen LogP contribution in [0.4, 0.5) is 0 Å². The largest absolute Gasteiger partial charge is 0.480 e. The first kappa shape index (κ1) is 17.1. The molecule has 25 heavy (non-hydrogen) atoms. The molecule has 0 amide bonds. The molecule has 8 nitrogen and oxygen atoms in total. The Kier molecular flexibility index (Phi) is 4.80. The van der Waals surface area contributed by atoms with Crippen LogP contribution in [0.25, 0.3) is 11.0 Å². The van der Waals surface area contributed by atoms with E-state index in [4.69, 9.17) is 10.2 Å². The summed E-state index contributed by atoms with van der Waals surface area (Å²) in [6.07, 6.45) is 1.09. The zero-order valence-electron chi connectivity index (χ0n) is 13.6. The van der Waals surface area contributed by atoms with Gasteiger partial charge >= 0.3 is 11.9 Å². The quantitative estimate of drug-likeness (QED) is 0.754. The normalized spacial score (nSPS) is 16.2. The number of aliphatic carboxylic acids is 2. The molecule has 0 bridgehead atoms. The van der Waals surface area contributed by atoms with E-state index >= 15 is 0 Å². The Morgan fingerprint density at radius 1 is 1.04 bits per heavy atom. The van der Waals surface area contributed by atoms with Crippen LogP contribution in [0.3, 0.4) is 0 Å². The van der Waals surface area contributed by atoms with Crippen molar-refractivity contribution in [2.45, 2.75) is 19.4 Å². The Labute approximate surface area is 143 Å². The zero-order chi connectivity index (χ0) is 18.0. The third-order valence-electron chi connectivity index (χ3n) is 4.49. The minimum atomic E-state index is -1.03. The molecule has 2 aromatic rings. The minimum Gasteiger partial charge on any atom is -0.480 e. The van der Waals surface area contributed by atoms with Gasteiger partial charge in [-0.15, -0.1) is 0 Å². The van der Waals surface area contributed by atoms with Gasteiger partial charge in [0.15, 0.2) is 5.82 Å². The molecule has 1 aliphatic rings. The van der Waals surface area contributed by atoms with Gasteiger partial charge in [0.2, 0.25) is 5.78 Å². The van der Waals surface area contributed by atoms with Gasteiger partial charge < -0.3 is 14.8 Å². The Morgan fingerprint density at radius 3 is 2.32 bits per heavy atom. The van der Waals surface area contributed by atoms with Gasteiger partial charge in [-0.05, 0) is 38.1 Å². The standard InChI is InChI=1S/C17H19N3O5/c21-14(22)9-19-7-5-11(6-8-19)16(25)17-18-12-3-1-2-4-13(12)20(17)10-15(23)24/h1-4,11H,5-10H2,(H,21,22)(H,23,24). The first-order valence-corrected chi connectivity index (χ1v) is 8.11. The van der Waals surface area contributed by atoms with Crippen LogP contribution in [-0.4, -0.2) is 62.0 Å². The number of rotatable bonds is 6. The molecule has 0 spiro atoms. The lowest BCUT2D eigenvalue weighted by Gasteiger charge is -2.29. The summed E-state index contributed by atoms with van der Waals surface area (Å²) < 4.78 is 1.45. The molecule has 1 fully saturated rings. The second-order valence-electron chi connectivity index (χ2n) is 6.21. The Bertz CT molecular complexity index is 821. The van der Waals surface area contributed by atoms with Gasteiger partial charge in [0.1, 0.15) is 6.54 Å². The van der Waals surface area contributed by atoms with E-state index in [1.165, 1.54) is 4.57 Å². The second-order valence-corrected chi connectivity index (χ2v) is 6.21. The number of benzene rings is 1. The number of likely N-dealkylation sites (tertiary alicyclic amines) is 1. The number of piperidine rings is 1. The lowest BCUT2D eigenvalue weighted by molar-refractivity contribution is -0.139. The van der Waals surface area contributed by atoms with Crippen molar-refractivity contribution in [3.8, 4) is 0 Å². The van der Waals surface area contributed by atoms with Gasteiger partial charge in [0.05, 0.1) is 17.6 Å². The average molecular weight is 345 g/mol. The third kappa shape index (κ3) is 3.69. The molecule has 2 heterocycles. The molecule has 1 aromatic carbocycles. The third-order valence-corrected chi connectivity index (χ3v) is 4.49. The molecule has 1 saturated heterocycles. The summed E-state index contributed by atoms with van der Waals surface area (Å²) in [5.41, 5.74) is 1.21. The zero-order valence-corrected chi connectivity index (χ0v) is 13.6. The van der Waals surface area contributed by atoms with Gasteiger partial charge in [-0.2, -0.15) is 0 Å². The number of carboxylic acid groups (broad SMARTS) is 2. The maximum atomic E-state index is 12.9. The summed E-state index contributed by atoms with van der Waals surface area (Å²) in [5.74, 6) is -2.19. The highest BCUT2D eigenvalue weighted by Gasteiger charge is 2.30. The van der Waals surface area contributed by atoms with Crippen LogP contribution in [0.1, 0.15) is 23.5 Å². The number of hydrogen-bond donors (Lipinski definition) is 2. The summed E-state index contributed by atoms with van der Waals surface area (Å²) in [6, 6.07) is 7.07. The van der Waals surface area contributed by atoms with Crippen molar-refractivity contribution in [2.24, 2.45) is 5.92 Å². The first-order valence-electron chi connectivity index (χ1n) is 8.11. The molecule has 3 rings (SSSR count). The molecule has 1 aromatic heterocycles. The number of carbonyl (C=O) groups excluding carboxylic acids is 1. The van der Waals surface area contributed by atoms with E-state index in [0.717, 1.165) is 0 Å². The number of carboxylic acids is 2. The predicted octanol–water partition coefficient (Wildman–Crippen LogP) is 1.10. The number of para-hydroxylation sites is 2. The van der Waals surface area contributed by atoms with Crippen molar-refractivity contribution < 1.29 is 24.6 Å². The van der Waals surface area contributed by atoms with Gasteiger partial charge in [-0.3, -0.25) is 19.3 Å². The summed E-state index contributed by atoms with van der Waals surface area (Å²) >= 11 is 0. The van der Waals surface area contributed by atoms with Crippen LogP contribution in [0.2, 0.25) is 0 Å². The summed E-state index contributed by atoms with van der Waals surface area (Å²) in [4.78, 5) is 41.0. The lowest BCUT2D eigenvalue weighted by Crippen LogP contribution is -2.39. The molecular formula is C17H19N3O5. The van der Waals surface area contributed by atoms with Crippen LogP contribution >= 0.6 is 0 Å². The highest BCUT2D eigenvalue weighted by molar-refractivity contribution is 5.98. The molecule has 8 heteroatoms. The van der Waals surface area contributed by atoms with Crippen molar-refractivity contribution in [3.05, 3.63) is 30.1 Å². The summed E-state index contributed by atoms with van der Waals surface area (Å²) in [5, 5.41) is 18.0. The van der Waals surface area contributed by atoms with Crippen LogP contribution in [0.15, 0.2) is 24.3 Å². The first-order chi connectivity index (χ1) is 12.0. The fourth-order valence-corrected chi connectivity index (χ4v) is 3.29. The average Bonchev–Trinajstić information content (AvgIpc) is 2.92. The minimum absolute atomic E-state index is 0.0293. The number of hydrogen-bond acceptors (Lipinski definition) is 5. The number of nitrogens with zero attached hydrogens (tertiary/aromatic N) is 3. The van der Waals surface area contributed by atoms with Gasteiger partial charge in [-0.1, -0.05) is 12.1 Å². The van der Waals surface area contributed by atoms with Crippen molar-refractivity contribution >= 4 is 28.8 Å². The monoisotopic (exact) mass is 345 g/mol. The lowest BCUT2D eigenvalue weighted by atomic mass is 9.92. The maximum absolute atomic E-state index is 12.9. The molecule has 0 atom stereocenters. The van der Waals surface area contributed by atoms with E-state index < -0.39 is 11.9 Å². The van der Waals surface area contributed by atoms with E-state index in [-0.39, 0.29) is 30.6 Å². The second kappa shape index (κ2) is 7.02. The Balaban J connectivity index is 1.83. The molecule has 2 N–H and O–H groups in total. The number of fused-ring (bicyclic) bond motifs is 1. The van der Waals surface area contributed by atoms with Crippen LogP contribution < -0.4 is 0 Å². The van der Waals surface area contributed by atoms with E-state index in [0.29, 0.717) is 37.0 Å². The summed E-state index contributed by atoms with van der Waals surface area (Å²) in [7, 11) is 0. The molecule has 0 unspecified atom stereocenters. The number of Topliss-reactive ketones (excluding diaryl/α,β-unsaturated/α-hetero) is 1. The maximum Gasteiger partial charge on any atom is 0.323 e. The van der Waals surface area contributed by atoms with Crippen molar-refractivity contribution in [3.63, 3.8) is 0 Å². The highest BCUT2D eigenvalue weighted by atomic mass is 16.4. The molecule has 1 aliphatic heterocycles. The molecule has 132 valence electrons. The fourth-order valence-electron chi connectivity index (χ4n) is 3.29. The predicted molar refractivity (Wildman–Crippen MR) is 88.5 cm³/mol. The topological polar surface area (TPSA) is 113 Å². The van der Waals surface area contributed by atoms with Gasteiger partial charge in [0.25, 0.3) is 0 Å². The Morgan fingerprint density at radius 2 is 1.68 bits per heavy atom. The van der Waals surface area contributed by atoms with Gasteiger partial charge in [0, 0.05) is 5.92 Å². The van der Waals surface area contributed by atoms with E-state index in [1.807, 2.05) is 0 Å². The molecule has 0 radical (unpaired) electrons. The summed E-state index contributed by atoms with van der Waals surface area (Å²) in [6.45, 7) is 0.710.